The molecule has 4 aromatic heterocycles. The lowest BCUT2D eigenvalue weighted by Crippen LogP contribution is -2.06. The van der Waals surface area contributed by atoms with E-state index < -0.39 is 0 Å². The van der Waals surface area contributed by atoms with E-state index in [-0.39, 0.29) is 5.78 Å². The third-order valence-electron chi connectivity index (χ3n) is 5.05. The predicted octanol–water partition coefficient (Wildman–Crippen LogP) is 4.20. The molecule has 7 nitrogen and oxygen atoms in total. The van der Waals surface area contributed by atoms with Crippen LogP contribution < -0.4 is 5.43 Å². The Morgan fingerprint density at radius 1 is 1.10 bits per heavy atom. The number of hydrogen-bond acceptors (Lipinski definition) is 5. The zero-order valence-electron chi connectivity index (χ0n) is 16.2. The highest BCUT2D eigenvalue weighted by Crippen LogP contribution is 2.24. The van der Waals surface area contributed by atoms with Gasteiger partial charge in [-0.05, 0) is 48.9 Å². The highest BCUT2D eigenvalue weighted by Gasteiger charge is 2.20. The van der Waals surface area contributed by atoms with Gasteiger partial charge >= 0.3 is 0 Å². The van der Waals surface area contributed by atoms with Crippen molar-refractivity contribution in [1.82, 2.24) is 19.4 Å². The summed E-state index contributed by atoms with van der Waals surface area (Å²) in [4.78, 5) is 24.8. The van der Waals surface area contributed by atoms with Gasteiger partial charge < -0.3 is 9.38 Å². The maximum atomic E-state index is 13.2. The molecule has 0 radical (unpaired) electrons. The van der Waals surface area contributed by atoms with Crippen molar-refractivity contribution >= 4 is 34.5 Å². The molecule has 146 valence electrons. The number of hydrogen-bond donors (Lipinski definition) is 2. The van der Waals surface area contributed by atoms with E-state index in [0.29, 0.717) is 17.2 Å². The van der Waals surface area contributed by atoms with Crippen molar-refractivity contribution in [3.63, 3.8) is 0 Å². The number of nitrogens with one attached hydrogen (secondary N) is 2. The average Bonchev–Trinajstić information content (AvgIpc) is 3.32. The van der Waals surface area contributed by atoms with Gasteiger partial charge in [-0.15, -0.1) is 0 Å². The molecule has 0 bridgehead atoms. The molecular weight excluding hydrogens is 376 g/mol. The molecule has 0 aliphatic rings. The summed E-state index contributed by atoms with van der Waals surface area (Å²) in [5, 5.41) is 4.36. The number of carbonyl (C=O) groups is 1. The molecule has 0 atom stereocenters. The average molecular weight is 394 g/mol. The first kappa shape index (κ1) is 17.8. The number of aromatic amines is 1. The summed E-state index contributed by atoms with van der Waals surface area (Å²) in [7, 11) is 0. The van der Waals surface area contributed by atoms with E-state index in [0.717, 1.165) is 27.7 Å². The number of rotatable bonds is 5. The minimum atomic E-state index is -0.0546. The summed E-state index contributed by atoms with van der Waals surface area (Å²) in [6.45, 7) is 1.93. The number of H-pyrrole nitrogens is 1. The number of imidazole rings is 1. The molecule has 0 unspecified atom stereocenters. The molecule has 7 heteroatoms. The van der Waals surface area contributed by atoms with Gasteiger partial charge in [0.1, 0.15) is 0 Å². The van der Waals surface area contributed by atoms with E-state index in [4.69, 9.17) is 0 Å². The Morgan fingerprint density at radius 2 is 1.90 bits per heavy atom. The quantitative estimate of drug-likeness (QED) is 0.266. The molecule has 0 fully saturated rings. The standard InChI is InChI=1S/C23H18N6O/c1-15-17(14-25-28-23-26-18-6-2-3-7-19(18)27-23)20-8-4-5-13-29(20)21(15)22(30)16-9-11-24-12-10-16/h2-14H,1H3,(H2,26,27,28)/b25-14-. The van der Waals surface area contributed by atoms with Gasteiger partial charge in [-0.3, -0.25) is 9.78 Å². The van der Waals surface area contributed by atoms with Crippen molar-refractivity contribution in [2.45, 2.75) is 6.92 Å². The van der Waals surface area contributed by atoms with Crippen LogP contribution in [0.3, 0.4) is 0 Å². The molecule has 5 rings (SSSR count). The third kappa shape index (κ3) is 3.02. The van der Waals surface area contributed by atoms with Crippen LogP contribution in [-0.2, 0) is 0 Å². The molecule has 5 aromatic rings. The fraction of sp³-hybridized carbons (Fsp3) is 0.0435. The largest absolute Gasteiger partial charge is 0.323 e. The van der Waals surface area contributed by atoms with Gasteiger partial charge in [-0.25, -0.2) is 10.4 Å². The molecular formula is C23H18N6O. The lowest BCUT2D eigenvalue weighted by Gasteiger charge is -2.03. The fourth-order valence-electron chi connectivity index (χ4n) is 3.60. The van der Waals surface area contributed by atoms with E-state index in [1.807, 2.05) is 60.0 Å². The topological polar surface area (TPSA) is 87.4 Å². The van der Waals surface area contributed by atoms with Crippen LogP contribution in [-0.4, -0.2) is 31.4 Å². The van der Waals surface area contributed by atoms with Gasteiger partial charge in [0, 0.05) is 29.7 Å². The van der Waals surface area contributed by atoms with Crippen LogP contribution in [0.4, 0.5) is 5.95 Å². The molecule has 0 saturated heterocycles. The summed E-state index contributed by atoms with van der Waals surface area (Å²) in [5.74, 6) is 0.502. The second kappa shape index (κ2) is 7.29. The molecule has 0 aliphatic carbocycles. The first-order valence-corrected chi connectivity index (χ1v) is 9.50. The highest BCUT2D eigenvalue weighted by atomic mass is 16.1. The minimum Gasteiger partial charge on any atom is -0.323 e. The van der Waals surface area contributed by atoms with Gasteiger partial charge in [0.15, 0.2) is 0 Å². The van der Waals surface area contributed by atoms with Gasteiger partial charge in [-0.2, -0.15) is 5.10 Å². The van der Waals surface area contributed by atoms with Crippen LogP contribution in [0.2, 0.25) is 0 Å². The maximum Gasteiger partial charge on any atom is 0.222 e. The smallest absolute Gasteiger partial charge is 0.222 e. The summed E-state index contributed by atoms with van der Waals surface area (Å²) in [6.07, 6.45) is 6.86. The number of nitrogens with zero attached hydrogens (tertiary/aromatic N) is 4. The Labute approximate surface area is 172 Å². The van der Waals surface area contributed by atoms with Crippen LogP contribution in [0, 0.1) is 6.92 Å². The van der Waals surface area contributed by atoms with Gasteiger partial charge in [0.05, 0.1) is 28.5 Å². The van der Waals surface area contributed by atoms with E-state index in [1.165, 1.54) is 0 Å². The van der Waals surface area contributed by atoms with E-state index in [2.05, 4.69) is 25.5 Å². The monoisotopic (exact) mass is 394 g/mol. The number of pyridine rings is 2. The van der Waals surface area contributed by atoms with Crippen LogP contribution in [0.15, 0.2) is 78.3 Å². The Morgan fingerprint density at radius 3 is 2.73 bits per heavy atom. The first-order chi connectivity index (χ1) is 14.7. The fourth-order valence-corrected chi connectivity index (χ4v) is 3.60. The zero-order valence-corrected chi connectivity index (χ0v) is 16.2. The number of carbonyl (C=O) groups excluding carboxylic acids is 1. The number of ketones is 1. The molecule has 0 amide bonds. The Hall–Kier alpha value is -4.26. The van der Waals surface area contributed by atoms with Crippen LogP contribution in [0.1, 0.15) is 27.2 Å². The number of benzene rings is 1. The van der Waals surface area contributed by atoms with Crippen LogP contribution in [0.25, 0.3) is 16.6 Å². The highest BCUT2D eigenvalue weighted by molar-refractivity contribution is 6.11. The van der Waals surface area contributed by atoms with Crippen molar-refractivity contribution in [3.8, 4) is 0 Å². The predicted molar refractivity (Wildman–Crippen MR) is 117 cm³/mol. The van der Waals surface area contributed by atoms with Crippen LogP contribution >= 0.6 is 0 Å². The van der Waals surface area contributed by atoms with Gasteiger partial charge in [0.2, 0.25) is 11.7 Å². The van der Waals surface area contributed by atoms with Crippen molar-refractivity contribution in [3.05, 3.63) is 95.6 Å². The lowest BCUT2D eigenvalue weighted by molar-refractivity contribution is 0.103. The van der Waals surface area contributed by atoms with Gasteiger partial charge in [-0.1, -0.05) is 18.2 Å². The molecule has 2 N–H and O–H groups in total. The van der Waals surface area contributed by atoms with Crippen LogP contribution in [0.5, 0.6) is 0 Å². The van der Waals surface area contributed by atoms with Crippen molar-refractivity contribution in [2.75, 3.05) is 5.43 Å². The van der Waals surface area contributed by atoms with Crippen molar-refractivity contribution in [1.29, 1.82) is 0 Å². The molecule has 0 spiro atoms. The zero-order chi connectivity index (χ0) is 20.5. The lowest BCUT2D eigenvalue weighted by atomic mass is 10.1. The number of fused-ring (bicyclic) bond motifs is 2. The number of para-hydroxylation sites is 2. The summed E-state index contributed by atoms with van der Waals surface area (Å²) in [6, 6.07) is 17.0. The number of aromatic nitrogens is 4. The Bertz CT molecular complexity index is 1360. The number of hydrazone groups is 1. The van der Waals surface area contributed by atoms with E-state index in [1.54, 1.807) is 30.7 Å². The van der Waals surface area contributed by atoms with Gasteiger partial charge in [0.25, 0.3) is 0 Å². The Kier molecular flexibility index (Phi) is 4.33. The molecule has 0 saturated carbocycles. The molecule has 4 heterocycles. The second-order valence-corrected chi connectivity index (χ2v) is 6.88. The van der Waals surface area contributed by atoms with Crippen molar-refractivity contribution < 1.29 is 4.79 Å². The summed E-state index contributed by atoms with van der Waals surface area (Å²) < 4.78 is 1.90. The molecule has 30 heavy (non-hydrogen) atoms. The third-order valence-corrected chi connectivity index (χ3v) is 5.05. The van der Waals surface area contributed by atoms with E-state index in [9.17, 15) is 4.79 Å². The normalized spacial score (nSPS) is 11.5. The van der Waals surface area contributed by atoms with Crippen molar-refractivity contribution in [2.24, 2.45) is 5.10 Å². The summed E-state index contributed by atoms with van der Waals surface area (Å²) in [5.41, 5.74) is 8.59. The number of anilines is 1. The minimum absolute atomic E-state index is 0.0546. The van der Waals surface area contributed by atoms with E-state index >= 15 is 0 Å². The maximum absolute atomic E-state index is 13.2. The molecule has 1 aromatic carbocycles. The first-order valence-electron chi connectivity index (χ1n) is 9.50. The second-order valence-electron chi connectivity index (χ2n) is 6.88. The SMILES string of the molecule is Cc1c(/C=N\Nc2nc3ccccc3[nH]2)c2ccccn2c1C(=O)c1ccncc1. The molecule has 0 aliphatic heterocycles. The summed E-state index contributed by atoms with van der Waals surface area (Å²) >= 11 is 0. The Balaban J connectivity index is 1.52.